The normalized spacial score (nSPS) is 33.3. The zero-order valence-electron chi connectivity index (χ0n) is 26.7. The first-order valence-corrected chi connectivity index (χ1v) is 16.0. The van der Waals surface area contributed by atoms with Crippen LogP contribution in [0.25, 0.3) is 0 Å². The molecule has 1 aromatic carbocycles. The molecule has 1 amide bonds. The van der Waals surface area contributed by atoms with Crippen LogP contribution in [-0.4, -0.2) is 79.1 Å². The number of esters is 1. The highest BCUT2D eigenvalue weighted by molar-refractivity contribution is 6.01. The maximum absolute atomic E-state index is 13.5. The van der Waals surface area contributed by atoms with Crippen molar-refractivity contribution in [1.82, 2.24) is 5.32 Å². The highest BCUT2D eigenvalue weighted by atomic mass is 16.6. The van der Waals surface area contributed by atoms with E-state index in [-0.39, 0.29) is 47.6 Å². The van der Waals surface area contributed by atoms with Gasteiger partial charge in [-0.3, -0.25) is 29.3 Å². The number of nitrogens with one attached hydrogen (secondary N) is 1. The number of aliphatic carboxylic acids is 1. The van der Waals surface area contributed by atoms with Gasteiger partial charge < -0.3 is 30.5 Å². The van der Waals surface area contributed by atoms with Crippen molar-refractivity contribution in [2.24, 2.45) is 28.6 Å². The Labute approximate surface area is 276 Å². The van der Waals surface area contributed by atoms with Gasteiger partial charge in [-0.15, -0.1) is 0 Å². The number of aliphatic hydroxyl groups is 3. The number of nitrogens with zero attached hydrogens (tertiary/aromatic N) is 1. The van der Waals surface area contributed by atoms with E-state index in [1.54, 1.807) is 13.0 Å². The van der Waals surface area contributed by atoms with Crippen molar-refractivity contribution in [2.75, 3.05) is 6.61 Å². The van der Waals surface area contributed by atoms with Crippen LogP contribution in [0.15, 0.2) is 48.1 Å². The molecule has 48 heavy (non-hydrogen) atoms. The number of rotatable bonds is 11. The second-order valence-corrected chi connectivity index (χ2v) is 13.9. The molecule has 258 valence electrons. The molecule has 0 bridgehead atoms. The smallest absolute Gasteiger partial charge is 0.329 e. The molecule has 5 N–H and O–H groups in total. The Balaban J connectivity index is 1.17. The maximum atomic E-state index is 13.5. The van der Waals surface area contributed by atoms with Crippen LogP contribution in [0.3, 0.4) is 0 Å². The number of hydrogen-bond acceptors (Lipinski definition) is 11. The van der Waals surface area contributed by atoms with E-state index in [4.69, 9.17) is 4.74 Å². The molecule has 4 aliphatic rings. The zero-order chi connectivity index (χ0) is 35.2. The number of Topliss-reactive ketones (excluding diaryl/α,β-unsaturated/α-hetero) is 1. The monoisotopic (exact) mass is 668 g/mol. The Morgan fingerprint density at radius 1 is 1.17 bits per heavy atom. The number of benzene rings is 1. The quantitative estimate of drug-likeness (QED) is 0.130. The van der Waals surface area contributed by atoms with E-state index in [1.807, 2.05) is 13.0 Å². The average Bonchev–Trinajstić information content (AvgIpc) is 3.31. The molecule has 14 nitrogen and oxygen atoms in total. The van der Waals surface area contributed by atoms with Crippen molar-refractivity contribution in [2.45, 2.75) is 82.6 Å². The number of carbonyl (C=O) groups is 5. The standard InChI is InChI=1S/C34H40N2O12/c1-32-12-10-21(37)15-19(32)6-7-22-23-11-13-34(45,33(23,2)16-24(38)28(22)32)25(39)17-48-27(41)9-8-26(40)35-29(31(43)44)30(42)18-4-3-5-20(14-18)36(46)47/h3-5,10,12,14-15,22-24,28-30,38,42,45H,6-9,11,13,16-17H2,1-2H3,(H,35,40)(H,43,44)/t22-,23+,24+,28+,29-,30+,32+,33+,34+/m1/s1. The minimum Gasteiger partial charge on any atom is -0.480 e. The van der Waals surface area contributed by atoms with Crippen LogP contribution < -0.4 is 5.32 Å². The molecule has 0 aliphatic heterocycles. The van der Waals surface area contributed by atoms with Gasteiger partial charge in [0.15, 0.2) is 18.4 Å². The Morgan fingerprint density at radius 2 is 1.90 bits per heavy atom. The van der Waals surface area contributed by atoms with Crippen LogP contribution in [0.2, 0.25) is 0 Å². The van der Waals surface area contributed by atoms with E-state index in [1.165, 1.54) is 18.2 Å². The van der Waals surface area contributed by atoms with Gasteiger partial charge >= 0.3 is 11.9 Å². The highest BCUT2D eigenvalue weighted by Crippen LogP contribution is 2.67. The molecule has 3 fully saturated rings. The van der Waals surface area contributed by atoms with Crippen molar-refractivity contribution >= 4 is 35.1 Å². The zero-order valence-corrected chi connectivity index (χ0v) is 26.7. The van der Waals surface area contributed by atoms with E-state index < -0.39 is 82.7 Å². The summed E-state index contributed by atoms with van der Waals surface area (Å²) in [6.07, 6.45) is 3.47. The summed E-state index contributed by atoms with van der Waals surface area (Å²) < 4.78 is 5.12. The van der Waals surface area contributed by atoms with Crippen molar-refractivity contribution in [1.29, 1.82) is 0 Å². The lowest BCUT2D eigenvalue weighted by Crippen LogP contribution is -2.61. The minimum absolute atomic E-state index is 0.00760. The third-order valence-electron chi connectivity index (χ3n) is 11.4. The van der Waals surface area contributed by atoms with Crippen LogP contribution in [0.4, 0.5) is 5.69 Å². The molecule has 4 aliphatic carbocycles. The van der Waals surface area contributed by atoms with Crippen molar-refractivity contribution in [3.8, 4) is 0 Å². The van der Waals surface area contributed by atoms with Gasteiger partial charge in [-0.2, -0.15) is 0 Å². The van der Waals surface area contributed by atoms with Crippen LogP contribution in [-0.2, 0) is 28.7 Å². The molecule has 0 spiro atoms. The van der Waals surface area contributed by atoms with E-state index in [0.717, 1.165) is 17.7 Å². The van der Waals surface area contributed by atoms with Gasteiger partial charge in [0.25, 0.3) is 5.69 Å². The average molecular weight is 669 g/mol. The fourth-order valence-electron chi connectivity index (χ4n) is 8.88. The number of ether oxygens (including phenoxy) is 1. The number of allylic oxidation sites excluding steroid dienone is 4. The SMILES string of the molecule is C[C@]12C=CC(=O)C=C1CC[C@H]1[C@H]2[C@@H](O)C[C@@]2(C)[C@H]1CC[C@]2(O)C(=O)COC(=O)CCC(=O)N[C@@H](C(=O)O)[C@@H](O)c1cccc([N+](=O)[O-])c1. The summed E-state index contributed by atoms with van der Waals surface area (Å²) in [6, 6.07) is 2.78. The van der Waals surface area contributed by atoms with Gasteiger partial charge in [-0.1, -0.05) is 37.6 Å². The molecule has 0 saturated heterocycles. The number of aliphatic hydroxyl groups excluding tert-OH is 2. The molecule has 0 heterocycles. The summed E-state index contributed by atoms with van der Waals surface area (Å²) in [4.78, 5) is 72.6. The van der Waals surface area contributed by atoms with E-state index in [0.29, 0.717) is 19.3 Å². The van der Waals surface area contributed by atoms with Gasteiger partial charge in [0.2, 0.25) is 11.7 Å². The van der Waals surface area contributed by atoms with Gasteiger partial charge in [0.05, 0.1) is 17.4 Å². The number of nitro groups is 1. The number of hydrogen-bond donors (Lipinski definition) is 5. The summed E-state index contributed by atoms with van der Waals surface area (Å²) in [6.45, 7) is 3.06. The summed E-state index contributed by atoms with van der Waals surface area (Å²) >= 11 is 0. The summed E-state index contributed by atoms with van der Waals surface area (Å²) in [5.41, 5.74) is -2.87. The first-order chi connectivity index (χ1) is 22.5. The third kappa shape index (κ3) is 6.08. The van der Waals surface area contributed by atoms with Crippen LogP contribution >= 0.6 is 0 Å². The van der Waals surface area contributed by atoms with Crippen LogP contribution in [0.5, 0.6) is 0 Å². The maximum Gasteiger partial charge on any atom is 0.329 e. The van der Waals surface area contributed by atoms with Gasteiger partial charge in [-0.05, 0) is 61.7 Å². The number of carboxylic acids is 1. The van der Waals surface area contributed by atoms with E-state index in [2.05, 4.69) is 5.32 Å². The molecule has 5 rings (SSSR count). The fraction of sp³-hybridized carbons (Fsp3) is 0.559. The first kappa shape index (κ1) is 35.0. The van der Waals surface area contributed by atoms with Gasteiger partial charge in [0.1, 0.15) is 11.7 Å². The fourth-order valence-corrected chi connectivity index (χ4v) is 8.88. The molecule has 9 atom stereocenters. The highest BCUT2D eigenvalue weighted by Gasteiger charge is 2.68. The van der Waals surface area contributed by atoms with Crippen LogP contribution in [0.1, 0.15) is 70.5 Å². The van der Waals surface area contributed by atoms with Crippen LogP contribution in [0, 0.1) is 38.7 Å². The number of carbonyl (C=O) groups excluding carboxylic acids is 4. The number of fused-ring (bicyclic) bond motifs is 5. The summed E-state index contributed by atoms with van der Waals surface area (Å²) in [5, 5.41) is 56.5. The Hall–Kier alpha value is -4.27. The third-order valence-corrected chi connectivity index (χ3v) is 11.4. The van der Waals surface area contributed by atoms with Crippen molar-refractivity contribution < 1.29 is 54.1 Å². The van der Waals surface area contributed by atoms with Gasteiger partial charge in [-0.25, -0.2) is 4.79 Å². The Morgan fingerprint density at radius 3 is 2.58 bits per heavy atom. The predicted molar refractivity (Wildman–Crippen MR) is 166 cm³/mol. The number of ketones is 2. The number of amides is 1. The summed E-state index contributed by atoms with van der Waals surface area (Å²) in [5.74, 6) is -4.57. The van der Waals surface area contributed by atoms with E-state index in [9.17, 15) is 54.5 Å². The molecular formula is C34H40N2O12. The lowest BCUT2D eigenvalue weighted by atomic mass is 9.46. The predicted octanol–water partition coefficient (Wildman–Crippen LogP) is 2.10. The second kappa shape index (κ2) is 13.0. The minimum atomic E-state index is -1.88. The molecule has 14 heteroatoms. The molecule has 0 radical (unpaired) electrons. The van der Waals surface area contributed by atoms with E-state index >= 15 is 0 Å². The molecular weight excluding hydrogens is 628 g/mol. The Bertz CT molecular complexity index is 1600. The summed E-state index contributed by atoms with van der Waals surface area (Å²) in [7, 11) is 0. The lowest BCUT2D eigenvalue weighted by molar-refractivity contribution is -0.385. The first-order valence-electron chi connectivity index (χ1n) is 16.0. The number of nitro benzene ring substituents is 1. The number of non-ortho nitro benzene ring substituents is 1. The molecule has 0 aromatic heterocycles. The number of carboxylic acid groups (broad SMARTS) is 1. The molecule has 0 unspecified atom stereocenters. The largest absolute Gasteiger partial charge is 0.480 e. The molecule has 3 saturated carbocycles. The second-order valence-electron chi connectivity index (χ2n) is 13.9. The lowest BCUT2D eigenvalue weighted by Gasteiger charge is -2.59. The topological polar surface area (TPSA) is 231 Å². The Kier molecular flexibility index (Phi) is 9.47. The molecule has 1 aromatic rings. The van der Waals surface area contributed by atoms with Gasteiger partial charge in [0, 0.05) is 35.3 Å². The van der Waals surface area contributed by atoms with Crippen molar-refractivity contribution in [3.63, 3.8) is 0 Å². The van der Waals surface area contributed by atoms with Crippen molar-refractivity contribution in [3.05, 3.63) is 63.7 Å².